The maximum atomic E-state index is 11.2. The minimum Gasteiger partial charge on any atom is -0.385 e. The first kappa shape index (κ1) is 12.4. The maximum absolute atomic E-state index is 11.2. The summed E-state index contributed by atoms with van der Waals surface area (Å²) in [6, 6.07) is 0.0841. The number of hydrogen-bond acceptors (Lipinski definition) is 3. The number of nitrogens with one attached hydrogen (secondary N) is 1. The molecule has 3 N–H and O–H groups in total. The Hall–Kier alpha value is -0.610. The molecule has 13 heavy (non-hydrogen) atoms. The summed E-state index contributed by atoms with van der Waals surface area (Å²) in [4.78, 5) is 11.2. The van der Waals surface area contributed by atoms with Crippen LogP contribution in [0.4, 0.5) is 0 Å². The highest BCUT2D eigenvalue weighted by Gasteiger charge is 2.08. The van der Waals surface area contributed by atoms with Crippen LogP contribution >= 0.6 is 0 Å². The number of amides is 1. The standard InChI is InChI=1S/C9H20N2O2/c1-7(10)6-9(12)11-8(2)4-5-13-3/h7-8H,4-6,10H2,1-3H3,(H,11,12). The molecule has 0 fully saturated rings. The fraction of sp³-hybridized carbons (Fsp3) is 0.889. The zero-order chi connectivity index (χ0) is 10.3. The number of carbonyl (C=O) groups excluding carboxylic acids is 1. The maximum Gasteiger partial charge on any atom is 0.221 e. The molecule has 78 valence electrons. The minimum absolute atomic E-state index is 0.0126. The van der Waals surface area contributed by atoms with Gasteiger partial charge in [-0.2, -0.15) is 0 Å². The van der Waals surface area contributed by atoms with Crippen LogP contribution in [-0.2, 0) is 9.53 Å². The molecule has 0 aromatic rings. The van der Waals surface area contributed by atoms with Crippen molar-refractivity contribution in [2.45, 2.75) is 38.8 Å². The molecule has 0 aromatic carbocycles. The van der Waals surface area contributed by atoms with E-state index in [1.807, 2.05) is 13.8 Å². The van der Waals surface area contributed by atoms with Crippen molar-refractivity contribution in [3.8, 4) is 0 Å². The first-order valence-corrected chi connectivity index (χ1v) is 4.60. The third-order valence-electron chi connectivity index (χ3n) is 1.67. The van der Waals surface area contributed by atoms with E-state index in [9.17, 15) is 4.79 Å². The van der Waals surface area contributed by atoms with Crippen LogP contribution in [0.2, 0.25) is 0 Å². The van der Waals surface area contributed by atoms with Crippen LogP contribution in [0.5, 0.6) is 0 Å². The number of rotatable bonds is 6. The summed E-state index contributed by atoms with van der Waals surface area (Å²) >= 11 is 0. The highest BCUT2D eigenvalue weighted by Crippen LogP contribution is 1.93. The van der Waals surface area contributed by atoms with Crippen LogP contribution < -0.4 is 11.1 Å². The minimum atomic E-state index is -0.0744. The lowest BCUT2D eigenvalue weighted by atomic mass is 10.2. The van der Waals surface area contributed by atoms with Crippen LogP contribution in [0.25, 0.3) is 0 Å². The molecule has 0 saturated carbocycles. The lowest BCUT2D eigenvalue weighted by molar-refractivity contribution is -0.122. The first-order valence-electron chi connectivity index (χ1n) is 4.60. The summed E-state index contributed by atoms with van der Waals surface area (Å²) in [5.74, 6) is 0.0126. The molecule has 2 atom stereocenters. The molecule has 4 heteroatoms. The second-order valence-corrected chi connectivity index (χ2v) is 3.43. The average Bonchev–Trinajstić information content (AvgIpc) is 1.98. The molecule has 0 rings (SSSR count). The van der Waals surface area contributed by atoms with Gasteiger partial charge in [0, 0.05) is 32.2 Å². The predicted octanol–water partition coefficient (Wildman–Crippen LogP) is 0.265. The van der Waals surface area contributed by atoms with Gasteiger partial charge in [0.15, 0.2) is 0 Å². The van der Waals surface area contributed by atoms with Crippen LogP contribution in [0.3, 0.4) is 0 Å². The topological polar surface area (TPSA) is 64.3 Å². The van der Waals surface area contributed by atoms with E-state index in [4.69, 9.17) is 10.5 Å². The van der Waals surface area contributed by atoms with Crippen molar-refractivity contribution in [3.63, 3.8) is 0 Å². The van der Waals surface area contributed by atoms with Crippen molar-refractivity contribution in [2.24, 2.45) is 5.73 Å². The van der Waals surface area contributed by atoms with E-state index in [1.54, 1.807) is 7.11 Å². The van der Waals surface area contributed by atoms with Gasteiger partial charge in [0.05, 0.1) is 0 Å². The van der Waals surface area contributed by atoms with Gasteiger partial charge >= 0.3 is 0 Å². The SMILES string of the molecule is COCCC(C)NC(=O)CC(C)N. The number of nitrogens with two attached hydrogens (primary N) is 1. The molecule has 0 heterocycles. The summed E-state index contributed by atoms with van der Waals surface area (Å²) in [5, 5.41) is 2.85. The normalized spacial score (nSPS) is 15.1. The lowest BCUT2D eigenvalue weighted by Gasteiger charge is -2.14. The van der Waals surface area contributed by atoms with Crippen LogP contribution in [0.15, 0.2) is 0 Å². The Morgan fingerprint density at radius 2 is 2.15 bits per heavy atom. The monoisotopic (exact) mass is 188 g/mol. The predicted molar refractivity (Wildman–Crippen MR) is 52.4 cm³/mol. The van der Waals surface area contributed by atoms with E-state index in [1.165, 1.54) is 0 Å². The van der Waals surface area contributed by atoms with Gasteiger partial charge < -0.3 is 15.8 Å². The van der Waals surface area contributed by atoms with Crippen molar-refractivity contribution in [2.75, 3.05) is 13.7 Å². The Kier molecular flexibility index (Phi) is 6.54. The summed E-state index contributed by atoms with van der Waals surface area (Å²) in [5.41, 5.74) is 5.48. The number of ether oxygens (including phenoxy) is 1. The quantitative estimate of drug-likeness (QED) is 0.628. The van der Waals surface area contributed by atoms with E-state index in [2.05, 4.69) is 5.32 Å². The van der Waals surface area contributed by atoms with Crippen molar-refractivity contribution in [1.29, 1.82) is 0 Å². The molecule has 0 aromatic heterocycles. The lowest BCUT2D eigenvalue weighted by Crippen LogP contribution is -2.36. The fourth-order valence-corrected chi connectivity index (χ4v) is 0.993. The van der Waals surface area contributed by atoms with E-state index in [-0.39, 0.29) is 18.0 Å². The van der Waals surface area contributed by atoms with Crippen molar-refractivity contribution in [1.82, 2.24) is 5.32 Å². The highest BCUT2D eigenvalue weighted by atomic mass is 16.5. The summed E-state index contributed by atoms with van der Waals surface area (Å²) in [6.07, 6.45) is 1.22. The van der Waals surface area contributed by atoms with E-state index in [0.717, 1.165) is 6.42 Å². The average molecular weight is 188 g/mol. The van der Waals surface area contributed by atoms with Gasteiger partial charge in [0.2, 0.25) is 5.91 Å². The molecule has 0 aliphatic rings. The second kappa shape index (κ2) is 6.86. The van der Waals surface area contributed by atoms with Crippen LogP contribution in [0, 0.1) is 0 Å². The Morgan fingerprint density at radius 1 is 1.54 bits per heavy atom. The Balaban J connectivity index is 3.53. The fourth-order valence-electron chi connectivity index (χ4n) is 0.993. The molecule has 4 nitrogen and oxygen atoms in total. The number of methoxy groups -OCH3 is 1. The van der Waals surface area contributed by atoms with Gasteiger partial charge in [-0.3, -0.25) is 4.79 Å². The van der Waals surface area contributed by atoms with Crippen molar-refractivity contribution in [3.05, 3.63) is 0 Å². The molecular formula is C9H20N2O2. The first-order chi connectivity index (χ1) is 6.06. The molecule has 0 aliphatic carbocycles. The summed E-state index contributed by atoms with van der Waals surface area (Å²) in [6.45, 7) is 4.44. The molecule has 0 bridgehead atoms. The molecular weight excluding hydrogens is 168 g/mol. The largest absolute Gasteiger partial charge is 0.385 e. The Bertz CT molecular complexity index is 149. The molecule has 0 spiro atoms. The zero-order valence-corrected chi connectivity index (χ0v) is 8.67. The van der Waals surface area contributed by atoms with E-state index >= 15 is 0 Å². The molecule has 1 amide bonds. The van der Waals surface area contributed by atoms with Crippen molar-refractivity contribution < 1.29 is 9.53 Å². The van der Waals surface area contributed by atoms with Gasteiger partial charge in [-0.1, -0.05) is 0 Å². The number of hydrogen-bond donors (Lipinski definition) is 2. The Labute approximate surface area is 79.8 Å². The van der Waals surface area contributed by atoms with Gasteiger partial charge in [-0.25, -0.2) is 0 Å². The summed E-state index contributed by atoms with van der Waals surface area (Å²) < 4.78 is 4.90. The molecule has 0 radical (unpaired) electrons. The zero-order valence-electron chi connectivity index (χ0n) is 8.67. The molecule has 0 saturated heterocycles. The van der Waals surface area contributed by atoms with Crippen molar-refractivity contribution >= 4 is 5.91 Å². The van der Waals surface area contributed by atoms with E-state index in [0.29, 0.717) is 13.0 Å². The third kappa shape index (κ3) is 7.74. The second-order valence-electron chi connectivity index (χ2n) is 3.43. The Morgan fingerprint density at radius 3 is 2.62 bits per heavy atom. The molecule has 0 aliphatic heterocycles. The van der Waals surface area contributed by atoms with Gasteiger partial charge in [-0.15, -0.1) is 0 Å². The van der Waals surface area contributed by atoms with Gasteiger partial charge in [-0.05, 0) is 20.3 Å². The smallest absolute Gasteiger partial charge is 0.221 e. The van der Waals surface area contributed by atoms with Gasteiger partial charge in [0.1, 0.15) is 0 Å². The van der Waals surface area contributed by atoms with Crippen LogP contribution in [-0.4, -0.2) is 31.7 Å². The summed E-state index contributed by atoms with van der Waals surface area (Å²) in [7, 11) is 1.65. The number of carbonyl (C=O) groups is 1. The van der Waals surface area contributed by atoms with Gasteiger partial charge in [0.25, 0.3) is 0 Å². The third-order valence-corrected chi connectivity index (χ3v) is 1.67. The van der Waals surface area contributed by atoms with E-state index < -0.39 is 0 Å². The highest BCUT2D eigenvalue weighted by molar-refractivity contribution is 5.76. The van der Waals surface area contributed by atoms with Crippen LogP contribution in [0.1, 0.15) is 26.7 Å². The molecule has 2 unspecified atom stereocenters.